The number of nitrogens with one attached hydrogen (secondary N) is 1. The number of para-hydroxylation sites is 2. The molecule has 0 saturated heterocycles. The zero-order chi connectivity index (χ0) is 16.1. The first-order valence-electron chi connectivity index (χ1n) is 9.01. The Kier molecular flexibility index (Phi) is 5.31. The molecule has 1 saturated carbocycles. The fraction of sp³-hybridized carbons (Fsp3) is 0.579. The monoisotopic (exact) mass is 313 g/mol. The molecule has 1 aliphatic rings. The molecule has 3 rings (SSSR count). The van der Waals surface area contributed by atoms with E-state index in [-0.39, 0.29) is 11.8 Å². The van der Waals surface area contributed by atoms with Crippen LogP contribution in [0.3, 0.4) is 0 Å². The lowest BCUT2D eigenvalue weighted by atomic mass is 9.89. The highest BCUT2D eigenvalue weighted by atomic mass is 16.1. The summed E-state index contributed by atoms with van der Waals surface area (Å²) in [5.74, 6) is 1.39. The van der Waals surface area contributed by atoms with E-state index in [1.807, 2.05) is 12.1 Å². The van der Waals surface area contributed by atoms with E-state index >= 15 is 0 Å². The van der Waals surface area contributed by atoms with Gasteiger partial charge in [0.1, 0.15) is 5.82 Å². The van der Waals surface area contributed by atoms with Gasteiger partial charge >= 0.3 is 0 Å². The Balaban J connectivity index is 1.72. The first-order chi connectivity index (χ1) is 11.3. The molecule has 0 aliphatic heterocycles. The van der Waals surface area contributed by atoms with Gasteiger partial charge in [0.15, 0.2) is 0 Å². The topological polar surface area (TPSA) is 46.9 Å². The lowest BCUT2D eigenvalue weighted by Gasteiger charge is -2.20. The second kappa shape index (κ2) is 7.62. The molecular weight excluding hydrogens is 286 g/mol. The molecule has 1 fully saturated rings. The fourth-order valence-electron chi connectivity index (χ4n) is 3.50. The van der Waals surface area contributed by atoms with Crippen molar-refractivity contribution in [2.24, 2.45) is 5.92 Å². The van der Waals surface area contributed by atoms with E-state index in [9.17, 15) is 4.79 Å². The van der Waals surface area contributed by atoms with Gasteiger partial charge in [-0.3, -0.25) is 4.79 Å². The van der Waals surface area contributed by atoms with Gasteiger partial charge in [0, 0.05) is 12.5 Å². The molecule has 1 N–H and O–H groups in total. The molecule has 0 spiro atoms. The average Bonchev–Trinajstić information content (AvgIpc) is 2.96. The summed E-state index contributed by atoms with van der Waals surface area (Å²) in [5.41, 5.74) is 2.19. The van der Waals surface area contributed by atoms with Gasteiger partial charge in [0.25, 0.3) is 0 Å². The maximum atomic E-state index is 12.4. The number of aryl methyl sites for hydroxylation is 1. The first kappa shape index (κ1) is 16.0. The van der Waals surface area contributed by atoms with Gasteiger partial charge < -0.3 is 9.88 Å². The number of imidazole rings is 1. The van der Waals surface area contributed by atoms with Gasteiger partial charge in [0.2, 0.25) is 5.91 Å². The Labute approximate surface area is 138 Å². The molecular formula is C19H27N3O. The van der Waals surface area contributed by atoms with Crippen LogP contribution in [-0.2, 0) is 17.9 Å². The third kappa shape index (κ3) is 3.74. The standard InChI is InChI=1S/C19H27N3O/c1-2-3-13-22-17-12-8-7-11-16(17)21-18(22)14-20-19(23)15-9-5-4-6-10-15/h7-8,11-12,15H,2-6,9-10,13-14H2,1H3,(H,20,23). The van der Waals surface area contributed by atoms with Crippen molar-refractivity contribution < 1.29 is 4.79 Å². The minimum absolute atomic E-state index is 0.206. The molecule has 0 atom stereocenters. The van der Waals surface area contributed by atoms with Crippen LogP contribution < -0.4 is 5.32 Å². The van der Waals surface area contributed by atoms with Crippen molar-refractivity contribution >= 4 is 16.9 Å². The molecule has 23 heavy (non-hydrogen) atoms. The number of carbonyl (C=O) groups is 1. The van der Waals surface area contributed by atoms with Gasteiger partial charge in [-0.05, 0) is 31.4 Å². The van der Waals surface area contributed by atoms with Crippen molar-refractivity contribution in [3.05, 3.63) is 30.1 Å². The summed E-state index contributed by atoms with van der Waals surface area (Å²) in [6.45, 7) is 3.70. The average molecular weight is 313 g/mol. The quantitative estimate of drug-likeness (QED) is 0.875. The molecule has 0 radical (unpaired) electrons. The highest BCUT2D eigenvalue weighted by Gasteiger charge is 2.21. The third-order valence-corrected chi connectivity index (χ3v) is 4.87. The molecule has 4 nitrogen and oxygen atoms in total. The normalized spacial score (nSPS) is 15.9. The van der Waals surface area contributed by atoms with Gasteiger partial charge in [-0.2, -0.15) is 0 Å². The van der Waals surface area contributed by atoms with Crippen LogP contribution in [0.15, 0.2) is 24.3 Å². The van der Waals surface area contributed by atoms with E-state index in [1.54, 1.807) is 0 Å². The Hall–Kier alpha value is -1.84. The van der Waals surface area contributed by atoms with E-state index in [0.717, 1.165) is 43.6 Å². The van der Waals surface area contributed by atoms with Crippen LogP contribution >= 0.6 is 0 Å². The molecule has 4 heteroatoms. The summed E-state index contributed by atoms with van der Waals surface area (Å²) >= 11 is 0. The second-order valence-electron chi connectivity index (χ2n) is 6.57. The predicted molar refractivity (Wildman–Crippen MR) is 93.1 cm³/mol. The van der Waals surface area contributed by atoms with Crippen LogP contribution in [0.5, 0.6) is 0 Å². The highest BCUT2D eigenvalue weighted by molar-refractivity contribution is 5.79. The van der Waals surface area contributed by atoms with E-state index in [2.05, 4.69) is 28.9 Å². The van der Waals surface area contributed by atoms with E-state index < -0.39 is 0 Å². The summed E-state index contributed by atoms with van der Waals surface area (Å²) in [6, 6.07) is 8.23. The van der Waals surface area contributed by atoms with Crippen LogP contribution in [0, 0.1) is 5.92 Å². The van der Waals surface area contributed by atoms with E-state index in [0.29, 0.717) is 6.54 Å². The molecule has 0 unspecified atom stereocenters. The number of aromatic nitrogens is 2. The van der Waals surface area contributed by atoms with Gasteiger partial charge in [-0.15, -0.1) is 0 Å². The molecule has 124 valence electrons. The van der Waals surface area contributed by atoms with Gasteiger partial charge in [-0.25, -0.2) is 4.98 Å². The SMILES string of the molecule is CCCCn1c(CNC(=O)C2CCCCC2)nc2ccccc21. The second-order valence-corrected chi connectivity index (χ2v) is 6.57. The van der Waals surface area contributed by atoms with Crippen LogP contribution in [0.25, 0.3) is 11.0 Å². The summed E-state index contributed by atoms with van der Waals surface area (Å²) in [5, 5.41) is 3.12. The van der Waals surface area contributed by atoms with Crippen molar-refractivity contribution in [3.63, 3.8) is 0 Å². The van der Waals surface area contributed by atoms with Gasteiger partial charge in [0.05, 0.1) is 17.6 Å². The predicted octanol–water partition coefficient (Wildman–Crippen LogP) is 4.03. The van der Waals surface area contributed by atoms with Crippen LogP contribution in [0.2, 0.25) is 0 Å². The molecule has 2 aromatic rings. The third-order valence-electron chi connectivity index (χ3n) is 4.87. The largest absolute Gasteiger partial charge is 0.349 e. The van der Waals surface area contributed by atoms with E-state index in [1.165, 1.54) is 24.8 Å². The number of fused-ring (bicyclic) bond motifs is 1. The van der Waals surface area contributed by atoms with Crippen LogP contribution in [0.1, 0.15) is 57.7 Å². The number of unbranched alkanes of at least 4 members (excludes halogenated alkanes) is 1. The number of rotatable bonds is 6. The summed E-state index contributed by atoms with van der Waals surface area (Å²) < 4.78 is 2.26. The maximum absolute atomic E-state index is 12.4. The number of amides is 1. The zero-order valence-electron chi connectivity index (χ0n) is 14.1. The van der Waals surface area contributed by atoms with Crippen molar-refractivity contribution in [1.29, 1.82) is 0 Å². The first-order valence-corrected chi connectivity index (χ1v) is 9.01. The Morgan fingerprint density at radius 3 is 2.83 bits per heavy atom. The molecule has 1 heterocycles. The fourth-order valence-corrected chi connectivity index (χ4v) is 3.50. The zero-order valence-corrected chi connectivity index (χ0v) is 14.1. The van der Waals surface area contributed by atoms with E-state index in [4.69, 9.17) is 4.98 Å². The minimum Gasteiger partial charge on any atom is -0.349 e. The number of hydrogen-bond donors (Lipinski definition) is 1. The number of hydrogen-bond acceptors (Lipinski definition) is 2. The summed E-state index contributed by atoms with van der Waals surface area (Å²) in [4.78, 5) is 17.1. The molecule has 1 aliphatic carbocycles. The van der Waals surface area contributed by atoms with Crippen molar-refractivity contribution in [2.45, 2.75) is 65.0 Å². The number of carbonyl (C=O) groups excluding carboxylic acids is 1. The van der Waals surface area contributed by atoms with Gasteiger partial charge in [-0.1, -0.05) is 44.7 Å². The minimum atomic E-state index is 0.206. The smallest absolute Gasteiger partial charge is 0.223 e. The Morgan fingerprint density at radius 2 is 2.04 bits per heavy atom. The molecule has 1 aromatic carbocycles. The van der Waals surface area contributed by atoms with Crippen molar-refractivity contribution in [2.75, 3.05) is 0 Å². The van der Waals surface area contributed by atoms with Crippen LogP contribution in [-0.4, -0.2) is 15.5 Å². The summed E-state index contributed by atoms with van der Waals surface area (Å²) in [7, 11) is 0. The lowest BCUT2D eigenvalue weighted by Crippen LogP contribution is -2.32. The molecule has 1 aromatic heterocycles. The Morgan fingerprint density at radius 1 is 1.26 bits per heavy atom. The number of nitrogens with zero attached hydrogens (tertiary/aromatic N) is 2. The molecule has 1 amide bonds. The maximum Gasteiger partial charge on any atom is 0.223 e. The summed E-state index contributed by atoms with van der Waals surface area (Å²) in [6.07, 6.45) is 8.01. The molecule has 0 bridgehead atoms. The van der Waals surface area contributed by atoms with Crippen LogP contribution in [0.4, 0.5) is 0 Å². The number of benzene rings is 1. The lowest BCUT2D eigenvalue weighted by molar-refractivity contribution is -0.126. The van der Waals surface area contributed by atoms with Crippen molar-refractivity contribution in [3.8, 4) is 0 Å². The Bertz CT molecular complexity index is 656. The van der Waals surface area contributed by atoms with Crippen molar-refractivity contribution in [1.82, 2.24) is 14.9 Å². The highest BCUT2D eigenvalue weighted by Crippen LogP contribution is 2.24.